The molecule has 1 fully saturated rings. The summed E-state index contributed by atoms with van der Waals surface area (Å²) in [7, 11) is 0. The highest BCUT2D eigenvalue weighted by atomic mass is 15.2. The molecule has 0 unspecified atom stereocenters. The van der Waals surface area contributed by atoms with E-state index in [1.165, 1.54) is 5.39 Å². The third-order valence-electron chi connectivity index (χ3n) is 3.79. The van der Waals surface area contributed by atoms with E-state index in [9.17, 15) is 0 Å². The second-order valence-electron chi connectivity index (χ2n) is 5.09. The number of para-hydroxylation sites is 1. The third kappa shape index (κ3) is 1.90. The lowest BCUT2D eigenvalue weighted by molar-refractivity contribution is 0.508. The van der Waals surface area contributed by atoms with Crippen molar-refractivity contribution in [3.63, 3.8) is 0 Å². The van der Waals surface area contributed by atoms with Gasteiger partial charge < -0.3 is 4.90 Å². The zero-order valence-corrected chi connectivity index (χ0v) is 11.0. The van der Waals surface area contributed by atoms with Gasteiger partial charge in [0.25, 0.3) is 0 Å². The molecule has 4 heteroatoms. The molecule has 2 aromatic heterocycles. The predicted molar refractivity (Wildman–Crippen MR) is 78.7 cm³/mol. The van der Waals surface area contributed by atoms with Gasteiger partial charge in [0.05, 0.1) is 11.2 Å². The van der Waals surface area contributed by atoms with Crippen molar-refractivity contribution in [1.29, 1.82) is 0 Å². The van der Waals surface area contributed by atoms with Gasteiger partial charge in [-0.1, -0.05) is 18.2 Å². The standard InChI is InChI=1S/C16H14N4/c1-2-4-14-12(3-1)5-6-16(19-14)20-10-13(11-20)15-9-17-7-8-18-15/h1-9,13H,10-11H2. The molecule has 3 aromatic rings. The average molecular weight is 262 g/mol. The number of nitrogens with zero attached hydrogens (tertiary/aromatic N) is 4. The number of fused-ring (bicyclic) bond motifs is 1. The molecule has 20 heavy (non-hydrogen) atoms. The van der Waals surface area contributed by atoms with Gasteiger partial charge in [-0.05, 0) is 18.2 Å². The number of rotatable bonds is 2. The van der Waals surface area contributed by atoms with Crippen LogP contribution in [-0.4, -0.2) is 28.0 Å². The molecule has 1 aromatic carbocycles. The number of anilines is 1. The van der Waals surface area contributed by atoms with E-state index in [4.69, 9.17) is 4.98 Å². The van der Waals surface area contributed by atoms with Crippen LogP contribution in [0.25, 0.3) is 10.9 Å². The van der Waals surface area contributed by atoms with E-state index in [1.807, 2.05) is 18.3 Å². The molecule has 0 bridgehead atoms. The summed E-state index contributed by atoms with van der Waals surface area (Å²) in [6.45, 7) is 1.92. The molecular weight excluding hydrogens is 248 g/mol. The fourth-order valence-electron chi connectivity index (χ4n) is 2.61. The van der Waals surface area contributed by atoms with Crippen LogP contribution < -0.4 is 4.90 Å². The van der Waals surface area contributed by atoms with Crippen LogP contribution in [-0.2, 0) is 0 Å². The summed E-state index contributed by atoms with van der Waals surface area (Å²) in [6, 6.07) is 12.4. The fourth-order valence-corrected chi connectivity index (χ4v) is 2.61. The number of benzene rings is 1. The van der Waals surface area contributed by atoms with Crippen molar-refractivity contribution in [3.8, 4) is 0 Å². The van der Waals surface area contributed by atoms with E-state index in [2.05, 4.69) is 39.1 Å². The lowest BCUT2D eigenvalue weighted by Gasteiger charge is -2.39. The quantitative estimate of drug-likeness (QED) is 0.712. The number of hydrogen-bond donors (Lipinski definition) is 0. The molecule has 0 amide bonds. The van der Waals surface area contributed by atoms with Gasteiger partial charge in [-0.2, -0.15) is 0 Å². The van der Waals surface area contributed by atoms with Gasteiger partial charge in [0.1, 0.15) is 5.82 Å². The number of aromatic nitrogens is 3. The third-order valence-corrected chi connectivity index (χ3v) is 3.79. The van der Waals surface area contributed by atoms with E-state index < -0.39 is 0 Å². The molecule has 4 rings (SSSR count). The van der Waals surface area contributed by atoms with Crippen molar-refractivity contribution in [3.05, 3.63) is 60.7 Å². The zero-order chi connectivity index (χ0) is 13.4. The molecule has 0 aliphatic carbocycles. The minimum atomic E-state index is 0.469. The Labute approximate surface area is 117 Å². The fraction of sp³-hybridized carbons (Fsp3) is 0.188. The van der Waals surface area contributed by atoms with Gasteiger partial charge in [0, 0.05) is 43.0 Å². The van der Waals surface area contributed by atoms with Crippen molar-refractivity contribution in [2.24, 2.45) is 0 Å². The first-order valence-corrected chi connectivity index (χ1v) is 6.77. The van der Waals surface area contributed by atoms with Crippen LogP contribution >= 0.6 is 0 Å². The Morgan fingerprint density at radius 2 is 1.90 bits per heavy atom. The van der Waals surface area contributed by atoms with Crippen molar-refractivity contribution in [1.82, 2.24) is 15.0 Å². The van der Waals surface area contributed by atoms with Crippen molar-refractivity contribution < 1.29 is 0 Å². The second-order valence-corrected chi connectivity index (χ2v) is 5.09. The van der Waals surface area contributed by atoms with Gasteiger partial charge in [0.2, 0.25) is 0 Å². The summed E-state index contributed by atoms with van der Waals surface area (Å²) >= 11 is 0. The minimum Gasteiger partial charge on any atom is -0.355 e. The molecule has 0 atom stereocenters. The van der Waals surface area contributed by atoms with Crippen LogP contribution in [0.2, 0.25) is 0 Å². The Bertz CT molecular complexity index is 736. The maximum atomic E-state index is 4.72. The normalized spacial score (nSPS) is 15.3. The van der Waals surface area contributed by atoms with Gasteiger partial charge in [-0.3, -0.25) is 9.97 Å². The van der Waals surface area contributed by atoms with Crippen LogP contribution in [0.1, 0.15) is 11.6 Å². The minimum absolute atomic E-state index is 0.469. The largest absolute Gasteiger partial charge is 0.355 e. The SMILES string of the molecule is c1ccc2nc(N3CC(c4cnccn4)C3)ccc2c1. The average Bonchev–Trinajstić information content (AvgIpc) is 2.47. The molecule has 0 radical (unpaired) electrons. The highest BCUT2D eigenvalue weighted by Crippen LogP contribution is 2.30. The van der Waals surface area contributed by atoms with E-state index >= 15 is 0 Å². The second kappa shape index (κ2) is 4.56. The van der Waals surface area contributed by atoms with E-state index in [0.717, 1.165) is 30.1 Å². The molecular formula is C16H14N4. The number of pyridine rings is 1. The van der Waals surface area contributed by atoms with Crippen molar-refractivity contribution in [2.75, 3.05) is 18.0 Å². The summed E-state index contributed by atoms with van der Waals surface area (Å²) < 4.78 is 0. The molecule has 0 spiro atoms. The van der Waals surface area contributed by atoms with E-state index in [1.54, 1.807) is 12.4 Å². The zero-order valence-electron chi connectivity index (χ0n) is 11.0. The van der Waals surface area contributed by atoms with Gasteiger partial charge in [-0.25, -0.2) is 4.98 Å². The smallest absolute Gasteiger partial charge is 0.129 e. The molecule has 0 saturated carbocycles. The van der Waals surface area contributed by atoms with Crippen LogP contribution in [0.4, 0.5) is 5.82 Å². The lowest BCUT2D eigenvalue weighted by Crippen LogP contribution is -2.45. The maximum absolute atomic E-state index is 4.72. The molecule has 1 aliphatic rings. The van der Waals surface area contributed by atoms with Crippen LogP contribution in [0, 0.1) is 0 Å². The molecule has 3 heterocycles. The van der Waals surface area contributed by atoms with Gasteiger partial charge in [-0.15, -0.1) is 0 Å². The Morgan fingerprint density at radius 3 is 2.75 bits per heavy atom. The van der Waals surface area contributed by atoms with Crippen LogP contribution in [0.15, 0.2) is 55.0 Å². The number of hydrogen-bond acceptors (Lipinski definition) is 4. The Balaban J connectivity index is 1.54. The first kappa shape index (κ1) is 11.3. The Kier molecular flexibility index (Phi) is 2.59. The van der Waals surface area contributed by atoms with Crippen molar-refractivity contribution in [2.45, 2.75) is 5.92 Å². The topological polar surface area (TPSA) is 41.9 Å². The molecule has 0 N–H and O–H groups in total. The summed E-state index contributed by atoms with van der Waals surface area (Å²) in [5.41, 5.74) is 2.12. The highest BCUT2D eigenvalue weighted by molar-refractivity contribution is 5.80. The monoisotopic (exact) mass is 262 g/mol. The highest BCUT2D eigenvalue weighted by Gasteiger charge is 2.30. The van der Waals surface area contributed by atoms with Gasteiger partial charge >= 0.3 is 0 Å². The molecule has 4 nitrogen and oxygen atoms in total. The maximum Gasteiger partial charge on any atom is 0.129 e. The van der Waals surface area contributed by atoms with E-state index in [-0.39, 0.29) is 0 Å². The molecule has 98 valence electrons. The van der Waals surface area contributed by atoms with Crippen molar-refractivity contribution >= 4 is 16.7 Å². The predicted octanol–water partition coefficient (Wildman–Crippen LogP) is 2.63. The summed E-state index contributed by atoms with van der Waals surface area (Å²) in [5.74, 6) is 1.51. The van der Waals surface area contributed by atoms with Crippen LogP contribution in [0.3, 0.4) is 0 Å². The first-order valence-electron chi connectivity index (χ1n) is 6.77. The molecule has 1 saturated heterocycles. The van der Waals surface area contributed by atoms with E-state index in [0.29, 0.717) is 5.92 Å². The Morgan fingerprint density at radius 1 is 1.00 bits per heavy atom. The molecule has 1 aliphatic heterocycles. The Hall–Kier alpha value is -2.49. The summed E-state index contributed by atoms with van der Waals surface area (Å²) in [5, 5.41) is 1.18. The summed E-state index contributed by atoms with van der Waals surface area (Å²) in [6.07, 6.45) is 5.33. The lowest BCUT2D eigenvalue weighted by atomic mass is 9.96. The van der Waals surface area contributed by atoms with Crippen LogP contribution in [0.5, 0.6) is 0 Å². The van der Waals surface area contributed by atoms with Gasteiger partial charge in [0.15, 0.2) is 0 Å². The summed E-state index contributed by atoms with van der Waals surface area (Å²) in [4.78, 5) is 15.5. The first-order chi connectivity index (χ1) is 9.90.